The van der Waals surface area contributed by atoms with E-state index in [1.165, 1.54) is 0 Å². The highest BCUT2D eigenvalue weighted by Crippen LogP contribution is 2.36. The van der Waals surface area contributed by atoms with Crippen molar-refractivity contribution in [1.82, 2.24) is 4.98 Å². The number of hydrogen-bond acceptors (Lipinski definition) is 4. The molecule has 1 heterocycles. The molecule has 0 aliphatic rings. The number of methoxy groups -OCH3 is 1. The molecule has 1 unspecified atom stereocenters. The van der Waals surface area contributed by atoms with Crippen LogP contribution in [0, 0.1) is 0 Å². The molecule has 0 aliphatic carbocycles. The maximum Gasteiger partial charge on any atom is 0.131 e. The van der Waals surface area contributed by atoms with Crippen LogP contribution in [0.1, 0.15) is 31.1 Å². The molecule has 0 aromatic carbocycles. The number of carbonyl (C=O) groups is 1. The van der Waals surface area contributed by atoms with Crippen LogP contribution in [0.15, 0.2) is 18.5 Å². The molecule has 0 fully saturated rings. The largest absolute Gasteiger partial charge is 0.496 e. The van der Waals surface area contributed by atoms with Gasteiger partial charge in [-0.3, -0.25) is 9.78 Å². The third kappa shape index (κ3) is 3.52. The van der Waals surface area contributed by atoms with Crippen LogP contribution in [0.25, 0.3) is 0 Å². The van der Waals surface area contributed by atoms with Gasteiger partial charge in [0.2, 0.25) is 0 Å². The van der Waals surface area contributed by atoms with Gasteiger partial charge in [0.15, 0.2) is 0 Å². The van der Waals surface area contributed by atoms with E-state index in [-0.39, 0.29) is 11.0 Å². The Morgan fingerprint density at radius 1 is 1.62 bits per heavy atom. The van der Waals surface area contributed by atoms with Gasteiger partial charge < -0.3 is 4.74 Å². The number of rotatable bonds is 6. The zero-order chi connectivity index (χ0) is 12.0. The minimum absolute atomic E-state index is 0.145. The van der Waals surface area contributed by atoms with Gasteiger partial charge in [-0.25, -0.2) is 0 Å². The molecule has 0 saturated heterocycles. The van der Waals surface area contributed by atoms with E-state index >= 15 is 0 Å². The third-order valence-corrected chi connectivity index (χ3v) is 3.37. The summed E-state index contributed by atoms with van der Waals surface area (Å²) in [5, 5.41) is 0.145. The van der Waals surface area contributed by atoms with E-state index in [4.69, 9.17) is 4.74 Å². The minimum atomic E-state index is 0.145. The Balaban J connectivity index is 2.94. The Bertz CT molecular complexity index is 355. The van der Waals surface area contributed by atoms with Crippen molar-refractivity contribution in [2.24, 2.45) is 0 Å². The van der Waals surface area contributed by atoms with Crippen LogP contribution in [-0.4, -0.2) is 23.6 Å². The van der Waals surface area contributed by atoms with E-state index < -0.39 is 0 Å². The normalized spacial score (nSPS) is 12.2. The van der Waals surface area contributed by atoms with E-state index in [1.54, 1.807) is 38.2 Å². The zero-order valence-corrected chi connectivity index (χ0v) is 10.7. The number of aromatic nitrogens is 1. The minimum Gasteiger partial charge on any atom is -0.496 e. The fraction of sp³-hybridized carbons (Fsp3) is 0.500. The van der Waals surface area contributed by atoms with Crippen LogP contribution in [0.5, 0.6) is 5.75 Å². The van der Waals surface area contributed by atoms with E-state index in [2.05, 4.69) is 11.9 Å². The zero-order valence-electron chi connectivity index (χ0n) is 9.90. The first kappa shape index (κ1) is 13.0. The van der Waals surface area contributed by atoms with Gasteiger partial charge in [-0.1, -0.05) is 6.92 Å². The van der Waals surface area contributed by atoms with Gasteiger partial charge >= 0.3 is 0 Å². The third-order valence-electron chi connectivity index (χ3n) is 2.22. The van der Waals surface area contributed by atoms with E-state index in [0.717, 1.165) is 17.1 Å². The van der Waals surface area contributed by atoms with Crippen LogP contribution < -0.4 is 4.74 Å². The number of Topliss-reactive ketones (excluding diaryl/α,β-unsaturated/α-hetero) is 1. The summed E-state index contributed by atoms with van der Waals surface area (Å²) in [6, 6.07) is 1.83. The van der Waals surface area contributed by atoms with Crippen LogP contribution in [0.2, 0.25) is 0 Å². The number of thioether (sulfide) groups is 1. The number of nitrogens with zero attached hydrogens (tertiary/aromatic N) is 1. The molecule has 1 aromatic heterocycles. The lowest BCUT2D eigenvalue weighted by Gasteiger charge is -2.17. The van der Waals surface area contributed by atoms with Crippen LogP contribution in [0.4, 0.5) is 0 Å². The Kier molecular flexibility index (Phi) is 5.32. The van der Waals surface area contributed by atoms with Gasteiger partial charge in [0.05, 0.1) is 7.11 Å². The highest BCUT2D eigenvalue weighted by Gasteiger charge is 2.17. The fourth-order valence-corrected chi connectivity index (χ4v) is 2.65. The van der Waals surface area contributed by atoms with Gasteiger partial charge in [0, 0.05) is 29.6 Å². The van der Waals surface area contributed by atoms with Gasteiger partial charge in [-0.05, 0) is 18.7 Å². The lowest BCUT2D eigenvalue weighted by atomic mass is 10.1. The summed E-state index contributed by atoms with van der Waals surface area (Å²) in [5.41, 5.74) is 1.01. The van der Waals surface area contributed by atoms with Crippen molar-refractivity contribution < 1.29 is 9.53 Å². The quantitative estimate of drug-likeness (QED) is 0.765. The van der Waals surface area contributed by atoms with Gasteiger partial charge in [-0.2, -0.15) is 11.8 Å². The van der Waals surface area contributed by atoms with E-state index in [0.29, 0.717) is 6.42 Å². The van der Waals surface area contributed by atoms with E-state index in [1.807, 2.05) is 6.07 Å². The molecule has 4 heteroatoms. The predicted molar refractivity (Wildman–Crippen MR) is 67.0 cm³/mol. The molecule has 0 saturated carbocycles. The molecule has 88 valence electrons. The standard InChI is InChI=1S/C12H17NO2S/c1-4-16-12(7-9(2)14)10-8-13-6-5-11(10)15-3/h5-6,8,12H,4,7H2,1-3H3. The molecule has 0 N–H and O–H groups in total. The second kappa shape index (κ2) is 6.53. The first-order chi connectivity index (χ1) is 7.69. The number of pyridine rings is 1. The topological polar surface area (TPSA) is 39.2 Å². The molecule has 1 rings (SSSR count). The van der Waals surface area contributed by atoms with Gasteiger partial charge in [0.1, 0.15) is 11.5 Å². The molecule has 1 aromatic rings. The number of carbonyl (C=O) groups excluding carboxylic acids is 1. The Labute approximate surface area is 101 Å². The first-order valence-corrected chi connectivity index (χ1v) is 6.32. The second-order valence-electron chi connectivity index (χ2n) is 3.47. The van der Waals surface area contributed by atoms with Crippen LogP contribution in [-0.2, 0) is 4.79 Å². The summed E-state index contributed by atoms with van der Waals surface area (Å²) in [7, 11) is 1.64. The molecule has 16 heavy (non-hydrogen) atoms. The molecule has 0 spiro atoms. The van der Waals surface area contributed by atoms with Crippen molar-refractivity contribution in [1.29, 1.82) is 0 Å². The molecular weight excluding hydrogens is 222 g/mol. The Morgan fingerprint density at radius 2 is 2.38 bits per heavy atom. The van der Waals surface area contributed by atoms with Crippen molar-refractivity contribution in [2.75, 3.05) is 12.9 Å². The molecule has 0 aliphatic heterocycles. The average molecular weight is 239 g/mol. The lowest BCUT2D eigenvalue weighted by molar-refractivity contribution is -0.117. The van der Waals surface area contributed by atoms with Crippen molar-refractivity contribution in [3.05, 3.63) is 24.0 Å². The van der Waals surface area contributed by atoms with Gasteiger partial charge in [-0.15, -0.1) is 0 Å². The SMILES string of the molecule is CCSC(CC(C)=O)c1cnccc1OC. The van der Waals surface area contributed by atoms with Crippen LogP contribution in [0.3, 0.4) is 0 Å². The predicted octanol–water partition coefficient (Wildman–Crippen LogP) is 2.86. The van der Waals surface area contributed by atoms with E-state index in [9.17, 15) is 4.79 Å². The lowest BCUT2D eigenvalue weighted by Crippen LogP contribution is -2.04. The maximum absolute atomic E-state index is 11.2. The highest BCUT2D eigenvalue weighted by atomic mass is 32.2. The summed E-state index contributed by atoms with van der Waals surface area (Å²) < 4.78 is 5.29. The number of hydrogen-bond donors (Lipinski definition) is 0. The average Bonchev–Trinajstić information content (AvgIpc) is 2.28. The van der Waals surface area contributed by atoms with Crippen molar-refractivity contribution in [3.8, 4) is 5.75 Å². The van der Waals surface area contributed by atoms with Gasteiger partial charge in [0.25, 0.3) is 0 Å². The second-order valence-corrected chi connectivity index (χ2v) is 4.95. The molecule has 3 nitrogen and oxygen atoms in total. The first-order valence-electron chi connectivity index (χ1n) is 5.28. The molecule has 0 radical (unpaired) electrons. The summed E-state index contributed by atoms with van der Waals surface area (Å²) in [6.45, 7) is 3.70. The Hall–Kier alpha value is -1.03. The smallest absolute Gasteiger partial charge is 0.131 e. The molecule has 0 amide bonds. The van der Waals surface area contributed by atoms with Crippen molar-refractivity contribution in [2.45, 2.75) is 25.5 Å². The Morgan fingerprint density at radius 3 is 2.94 bits per heavy atom. The summed E-state index contributed by atoms with van der Waals surface area (Å²) in [5.74, 6) is 1.97. The summed E-state index contributed by atoms with van der Waals surface area (Å²) in [6.07, 6.45) is 4.01. The van der Waals surface area contributed by atoms with Crippen molar-refractivity contribution >= 4 is 17.5 Å². The molecular formula is C12H17NO2S. The highest BCUT2D eigenvalue weighted by molar-refractivity contribution is 7.99. The molecule has 1 atom stereocenters. The maximum atomic E-state index is 11.2. The monoisotopic (exact) mass is 239 g/mol. The molecule has 0 bridgehead atoms. The van der Waals surface area contributed by atoms with Crippen LogP contribution >= 0.6 is 11.8 Å². The summed E-state index contributed by atoms with van der Waals surface area (Å²) >= 11 is 1.75. The summed E-state index contributed by atoms with van der Waals surface area (Å²) in [4.78, 5) is 15.3. The number of ketones is 1. The number of ether oxygens (including phenoxy) is 1. The van der Waals surface area contributed by atoms with Crippen molar-refractivity contribution in [3.63, 3.8) is 0 Å². The fourth-order valence-electron chi connectivity index (χ4n) is 1.54.